The van der Waals surface area contributed by atoms with Crippen LogP contribution in [0.4, 0.5) is 0 Å². The lowest BCUT2D eigenvalue weighted by Crippen LogP contribution is -1.96. The molecule has 0 aliphatic carbocycles. The third-order valence-corrected chi connectivity index (χ3v) is 5.85. The standard InChI is InChI=1S/C23H22N2OS/c1-14(2)17-6-8-18(9-7-17)22-20(12-26)25-21(13-27-23(25)24-22)19-10-5-15(3)11-16(19)4/h5-14H,1-4H3. The van der Waals surface area contributed by atoms with Gasteiger partial charge in [-0.2, -0.15) is 0 Å². The van der Waals surface area contributed by atoms with Crippen LogP contribution >= 0.6 is 11.3 Å². The van der Waals surface area contributed by atoms with E-state index in [2.05, 4.69) is 75.5 Å². The molecule has 0 radical (unpaired) electrons. The second kappa shape index (κ2) is 6.78. The molecule has 4 heteroatoms. The summed E-state index contributed by atoms with van der Waals surface area (Å²) in [5.74, 6) is 0.478. The Hall–Kier alpha value is -2.72. The fourth-order valence-electron chi connectivity index (χ4n) is 3.52. The van der Waals surface area contributed by atoms with Crippen molar-refractivity contribution in [1.29, 1.82) is 0 Å². The molecule has 0 spiro atoms. The zero-order chi connectivity index (χ0) is 19.1. The number of carbonyl (C=O) groups is 1. The molecular formula is C23H22N2OS. The molecule has 0 aliphatic heterocycles. The third kappa shape index (κ3) is 3.00. The number of fused-ring (bicyclic) bond motifs is 1. The van der Waals surface area contributed by atoms with Crippen molar-refractivity contribution in [3.63, 3.8) is 0 Å². The van der Waals surface area contributed by atoms with E-state index in [4.69, 9.17) is 4.98 Å². The average molecular weight is 375 g/mol. The lowest BCUT2D eigenvalue weighted by atomic mass is 10.0. The Morgan fingerprint density at radius 2 is 1.81 bits per heavy atom. The molecule has 2 aromatic heterocycles. The van der Waals surface area contributed by atoms with Crippen molar-refractivity contribution in [2.24, 2.45) is 0 Å². The van der Waals surface area contributed by atoms with Gasteiger partial charge in [0.05, 0.1) is 5.69 Å². The fraction of sp³-hybridized carbons (Fsp3) is 0.217. The van der Waals surface area contributed by atoms with Crippen molar-refractivity contribution in [2.75, 3.05) is 0 Å². The molecule has 0 unspecified atom stereocenters. The van der Waals surface area contributed by atoms with E-state index in [0.29, 0.717) is 11.6 Å². The van der Waals surface area contributed by atoms with E-state index >= 15 is 0 Å². The summed E-state index contributed by atoms with van der Waals surface area (Å²) >= 11 is 1.57. The minimum atomic E-state index is 0.478. The molecular weight excluding hydrogens is 352 g/mol. The quantitative estimate of drug-likeness (QED) is 0.394. The van der Waals surface area contributed by atoms with Gasteiger partial charge in [-0.3, -0.25) is 9.20 Å². The summed E-state index contributed by atoms with van der Waals surface area (Å²) in [5, 5.41) is 2.08. The van der Waals surface area contributed by atoms with Crippen LogP contribution in [0.15, 0.2) is 47.8 Å². The second-order valence-corrected chi connectivity index (χ2v) is 8.13. The van der Waals surface area contributed by atoms with Gasteiger partial charge in [0, 0.05) is 16.5 Å². The van der Waals surface area contributed by atoms with Crippen LogP contribution in [-0.4, -0.2) is 15.7 Å². The average Bonchev–Trinajstić information content (AvgIpc) is 3.21. The molecule has 4 aromatic rings. The highest BCUT2D eigenvalue weighted by atomic mass is 32.1. The highest BCUT2D eigenvalue weighted by molar-refractivity contribution is 7.15. The molecule has 2 heterocycles. The van der Waals surface area contributed by atoms with Crippen LogP contribution in [-0.2, 0) is 0 Å². The first-order chi connectivity index (χ1) is 13.0. The van der Waals surface area contributed by atoms with Crippen LogP contribution in [0, 0.1) is 13.8 Å². The highest BCUT2D eigenvalue weighted by Crippen LogP contribution is 2.34. The SMILES string of the molecule is Cc1ccc(-c2csc3nc(-c4ccc(C(C)C)cc4)c(C=O)n23)c(C)c1. The zero-order valence-corrected chi connectivity index (χ0v) is 16.8. The Morgan fingerprint density at radius 3 is 2.44 bits per heavy atom. The van der Waals surface area contributed by atoms with Crippen molar-refractivity contribution in [3.8, 4) is 22.5 Å². The molecule has 0 amide bonds. The van der Waals surface area contributed by atoms with Crippen LogP contribution in [0.5, 0.6) is 0 Å². The van der Waals surface area contributed by atoms with Gasteiger partial charge in [0.2, 0.25) is 0 Å². The molecule has 0 fully saturated rings. The maximum absolute atomic E-state index is 12.0. The topological polar surface area (TPSA) is 34.4 Å². The van der Waals surface area contributed by atoms with Crippen molar-refractivity contribution in [3.05, 3.63) is 70.2 Å². The van der Waals surface area contributed by atoms with E-state index in [0.717, 1.165) is 33.8 Å². The van der Waals surface area contributed by atoms with Crippen molar-refractivity contribution in [2.45, 2.75) is 33.6 Å². The Labute approximate surface area is 163 Å². The van der Waals surface area contributed by atoms with Crippen LogP contribution < -0.4 is 0 Å². The first kappa shape index (κ1) is 17.7. The largest absolute Gasteiger partial charge is 0.296 e. The first-order valence-electron chi connectivity index (χ1n) is 9.12. The van der Waals surface area contributed by atoms with E-state index in [1.54, 1.807) is 11.3 Å². The van der Waals surface area contributed by atoms with E-state index < -0.39 is 0 Å². The molecule has 3 nitrogen and oxygen atoms in total. The predicted octanol–water partition coefficient (Wildman–Crippen LogP) is 6.28. The molecule has 0 aliphatic rings. The highest BCUT2D eigenvalue weighted by Gasteiger charge is 2.19. The number of hydrogen-bond acceptors (Lipinski definition) is 3. The van der Waals surface area contributed by atoms with Crippen molar-refractivity contribution >= 4 is 22.6 Å². The number of nitrogens with zero attached hydrogens (tertiary/aromatic N) is 2. The number of aldehydes is 1. The van der Waals surface area contributed by atoms with Crippen LogP contribution in [0.3, 0.4) is 0 Å². The summed E-state index contributed by atoms with van der Waals surface area (Å²) in [7, 11) is 0. The number of benzene rings is 2. The summed E-state index contributed by atoms with van der Waals surface area (Å²) in [5.41, 5.74) is 8.20. The maximum Gasteiger partial charge on any atom is 0.195 e. The fourth-order valence-corrected chi connectivity index (χ4v) is 4.41. The van der Waals surface area contributed by atoms with Gasteiger partial charge >= 0.3 is 0 Å². The van der Waals surface area contributed by atoms with Gasteiger partial charge < -0.3 is 0 Å². The third-order valence-electron chi connectivity index (χ3n) is 5.02. The van der Waals surface area contributed by atoms with Gasteiger partial charge in [0.1, 0.15) is 11.4 Å². The molecule has 0 saturated heterocycles. The van der Waals surface area contributed by atoms with Crippen molar-refractivity contribution < 1.29 is 4.79 Å². The molecule has 2 aromatic carbocycles. The van der Waals surface area contributed by atoms with Gasteiger partial charge in [-0.05, 0) is 30.9 Å². The first-order valence-corrected chi connectivity index (χ1v) is 10.0. The van der Waals surface area contributed by atoms with Gasteiger partial charge in [0.25, 0.3) is 0 Å². The number of aromatic nitrogens is 2. The van der Waals surface area contributed by atoms with Crippen LogP contribution in [0.2, 0.25) is 0 Å². The van der Waals surface area contributed by atoms with Gasteiger partial charge in [0.15, 0.2) is 11.2 Å². The maximum atomic E-state index is 12.0. The lowest BCUT2D eigenvalue weighted by Gasteiger charge is -2.08. The Bertz CT molecular complexity index is 1130. The van der Waals surface area contributed by atoms with E-state index in [1.165, 1.54) is 16.7 Å². The molecule has 0 bridgehead atoms. The molecule has 0 atom stereocenters. The van der Waals surface area contributed by atoms with Crippen LogP contribution in [0.1, 0.15) is 46.9 Å². The number of hydrogen-bond donors (Lipinski definition) is 0. The monoisotopic (exact) mass is 374 g/mol. The number of thiazole rings is 1. The molecule has 27 heavy (non-hydrogen) atoms. The smallest absolute Gasteiger partial charge is 0.195 e. The van der Waals surface area contributed by atoms with Gasteiger partial charge in [-0.1, -0.05) is 61.9 Å². The molecule has 0 saturated carbocycles. The number of carbonyl (C=O) groups excluding carboxylic acids is 1. The van der Waals surface area contributed by atoms with E-state index in [-0.39, 0.29) is 0 Å². The molecule has 136 valence electrons. The zero-order valence-electron chi connectivity index (χ0n) is 16.0. The minimum absolute atomic E-state index is 0.478. The number of rotatable bonds is 4. The van der Waals surface area contributed by atoms with E-state index in [1.807, 2.05) is 4.40 Å². The van der Waals surface area contributed by atoms with Gasteiger partial charge in [-0.15, -0.1) is 11.3 Å². The summed E-state index contributed by atoms with van der Waals surface area (Å²) in [6, 6.07) is 14.8. The van der Waals surface area contributed by atoms with E-state index in [9.17, 15) is 4.79 Å². The molecule has 4 rings (SSSR count). The second-order valence-electron chi connectivity index (χ2n) is 7.30. The predicted molar refractivity (Wildman–Crippen MR) is 113 cm³/mol. The number of imidazole rings is 1. The number of aryl methyl sites for hydroxylation is 2. The summed E-state index contributed by atoms with van der Waals surface area (Å²) < 4.78 is 1.99. The lowest BCUT2D eigenvalue weighted by molar-refractivity contribution is 0.111. The Balaban J connectivity index is 1.90. The van der Waals surface area contributed by atoms with Crippen molar-refractivity contribution in [1.82, 2.24) is 9.38 Å². The van der Waals surface area contributed by atoms with Crippen LogP contribution in [0.25, 0.3) is 27.5 Å². The summed E-state index contributed by atoms with van der Waals surface area (Å²) in [6.07, 6.45) is 0.922. The normalized spacial score (nSPS) is 11.4. The summed E-state index contributed by atoms with van der Waals surface area (Å²) in [4.78, 5) is 17.6. The molecule has 0 N–H and O–H groups in total. The summed E-state index contributed by atoms with van der Waals surface area (Å²) in [6.45, 7) is 8.55. The van der Waals surface area contributed by atoms with Gasteiger partial charge in [-0.25, -0.2) is 4.98 Å². The Kier molecular flexibility index (Phi) is 4.44. The Morgan fingerprint density at radius 1 is 1.07 bits per heavy atom. The minimum Gasteiger partial charge on any atom is -0.296 e.